The van der Waals surface area contributed by atoms with E-state index in [1.54, 1.807) is 6.20 Å². The Kier molecular flexibility index (Phi) is 3.65. The summed E-state index contributed by atoms with van der Waals surface area (Å²) in [5.74, 6) is 1.33. The van der Waals surface area contributed by atoms with Crippen molar-refractivity contribution in [2.24, 2.45) is 0 Å². The Labute approximate surface area is 173 Å². The van der Waals surface area contributed by atoms with E-state index in [0.717, 1.165) is 22.0 Å². The molecule has 1 aliphatic heterocycles. The molecule has 2 aromatic heterocycles. The van der Waals surface area contributed by atoms with Crippen molar-refractivity contribution in [3.63, 3.8) is 0 Å². The molecule has 0 radical (unpaired) electrons. The summed E-state index contributed by atoms with van der Waals surface area (Å²) >= 11 is 0. The Hall–Kier alpha value is -3.73. The lowest BCUT2D eigenvalue weighted by molar-refractivity contribution is -0.120. The van der Waals surface area contributed by atoms with Gasteiger partial charge in [0.25, 0.3) is 0 Å². The van der Waals surface area contributed by atoms with Crippen molar-refractivity contribution >= 4 is 22.6 Å². The van der Waals surface area contributed by atoms with Crippen molar-refractivity contribution < 1.29 is 9.53 Å². The molecule has 3 heterocycles. The van der Waals surface area contributed by atoms with Crippen LogP contribution >= 0.6 is 0 Å². The fourth-order valence-electron chi connectivity index (χ4n) is 4.69. The summed E-state index contributed by atoms with van der Waals surface area (Å²) in [6.45, 7) is 0.483. The van der Waals surface area contributed by atoms with E-state index in [9.17, 15) is 4.79 Å². The molecule has 2 aromatic carbocycles. The van der Waals surface area contributed by atoms with Crippen LogP contribution in [0.2, 0.25) is 0 Å². The number of amides is 1. The predicted octanol–water partition coefficient (Wildman–Crippen LogP) is 4.20. The van der Waals surface area contributed by atoms with E-state index in [1.165, 1.54) is 11.1 Å². The van der Waals surface area contributed by atoms with Crippen LogP contribution in [0.5, 0.6) is 5.88 Å². The first-order valence-electron chi connectivity index (χ1n) is 10.1. The summed E-state index contributed by atoms with van der Waals surface area (Å²) in [5.41, 5.74) is 4.80. The van der Waals surface area contributed by atoms with Gasteiger partial charge in [-0.25, -0.2) is 9.97 Å². The molecule has 2 aliphatic rings. The molecule has 1 spiro atoms. The molecule has 5 nitrogen and oxygen atoms in total. The van der Waals surface area contributed by atoms with Crippen LogP contribution in [0.3, 0.4) is 0 Å². The van der Waals surface area contributed by atoms with Crippen LogP contribution in [-0.4, -0.2) is 15.9 Å². The lowest BCUT2D eigenvalue weighted by Gasteiger charge is -2.20. The minimum Gasteiger partial charge on any atom is -0.473 e. The zero-order chi connectivity index (χ0) is 20.1. The van der Waals surface area contributed by atoms with Gasteiger partial charge in [0, 0.05) is 23.2 Å². The minimum atomic E-state index is -0.560. The maximum absolute atomic E-state index is 12.9. The highest BCUT2D eigenvalue weighted by Crippen LogP contribution is 2.47. The van der Waals surface area contributed by atoms with E-state index in [-0.39, 0.29) is 5.91 Å². The average Bonchev–Trinajstić information content (AvgIpc) is 3.28. The van der Waals surface area contributed by atoms with Gasteiger partial charge in [-0.05, 0) is 53.8 Å². The van der Waals surface area contributed by atoms with Gasteiger partial charge in [-0.2, -0.15) is 0 Å². The third-order valence-electron chi connectivity index (χ3n) is 6.19. The van der Waals surface area contributed by atoms with Crippen molar-refractivity contribution in [2.75, 3.05) is 5.32 Å². The number of anilines is 1. The fourth-order valence-corrected chi connectivity index (χ4v) is 4.69. The second-order valence-electron chi connectivity index (χ2n) is 8.03. The lowest BCUT2D eigenvalue weighted by Crippen LogP contribution is -2.35. The minimum absolute atomic E-state index is 0.0382. The molecule has 1 aliphatic carbocycles. The maximum Gasteiger partial charge on any atom is 0.237 e. The zero-order valence-electron chi connectivity index (χ0n) is 16.3. The SMILES string of the molecule is O=C1Nc2ncccc2C12Cc1cc3ccc(OCc4ccccc4)nc3cc1C2. The van der Waals surface area contributed by atoms with Gasteiger partial charge in [0.2, 0.25) is 11.8 Å². The molecule has 5 heteroatoms. The number of fused-ring (bicyclic) bond motifs is 4. The molecule has 1 N–H and O–H groups in total. The average molecular weight is 393 g/mol. The summed E-state index contributed by atoms with van der Waals surface area (Å²) in [6, 6.07) is 22.2. The van der Waals surface area contributed by atoms with Crippen LogP contribution in [-0.2, 0) is 29.7 Å². The van der Waals surface area contributed by atoms with Crippen molar-refractivity contribution in [2.45, 2.75) is 24.9 Å². The van der Waals surface area contributed by atoms with Gasteiger partial charge in [0.15, 0.2) is 0 Å². The van der Waals surface area contributed by atoms with Crippen molar-refractivity contribution in [1.82, 2.24) is 9.97 Å². The summed E-state index contributed by atoms with van der Waals surface area (Å²) in [5, 5.41) is 4.02. The number of hydrogen-bond acceptors (Lipinski definition) is 4. The number of benzene rings is 2. The molecule has 146 valence electrons. The third kappa shape index (κ3) is 2.59. The molecule has 0 fully saturated rings. The van der Waals surface area contributed by atoms with E-state index >= 15 is 0 Å². The van der Waals surface area contributed by atoms with Gasteiger partial charge in [0.1, 0.15) is 12.4 Å². The number of hydrogen-bond donors (Lipinski definition) is 1. The van der Waals surface area contributed by atoms with Crippen LogP contribution in [0.25, 0.3) is 10.9 Å². The highest BCUT2D eigenvalue weighted by molar-refractivity contribution is 6.06. The Bertz CT molecular complexity index is 1300. The van der Waals surface area contributed by atoms with E-state index in [4.69, 9.17) is 9.72 Å². The van der Waals surface area contributed by atoms with Gasteiger partial charge >= 0.3 is 0 Å². The van der Waals surface area contributed by atoms with Crippen LogP contribution in [0.15, 0.2) is 72.9 Å². The molecule has 4 aromatic rings. The van der Waals surface area contributed by atoms with Crippen LogP contribution in [0, 0.1) is 0 Å². The molecule has 6 rings (SSSR count). The van der Waals surface area contributed by atoms with Gasteiger partial charge in [-0.3, -0.25) is 4.79 Å². The maximum atomic E-state index is 12.9. The van der Waals surface area contributed by atoms with E-state index in [0.29, 0.717) is 31.1 Å². The first kappa shape index (κ1) is 17.2. The van der Waals surface area contributed by atoms with Gasteiger partial charge in [0.05, 0.1) is 10.9 Å². The summed E-state index contributed by atoms with van der Waals surface area (Å²) in [6.07, 6.45) is 3.07. The monoisotopic (exact) mass is 393 g/mol. The predicted molar refractivity (Wildman–Crippen MR) is 114 cm³/mol. The van der Waals surface area contributed by atoms with E-state index in [1.807, 2.05) is 54.6 Å². The van der Waals surface area contributed by atoms with Crippen molar-refractivity contribution in [1.29, 1.82) is 0 Å². The molecule has 1 amide bonds. The zero-order valence-corrected chi connectivity index (χ0v) is 16.3. The Balaban J connectivity index is 1.33. The smallest absolute Gasteiger partial charge is 0.237 e. The van der Waals surface area contributed by atoms with Gasteiger partial charge in [-0.1, -0.05) is 36.4 Å². The van der Waals surface area contributed by atoms with Gasteiger partial charge in [-0.15, -0.1) is 0 Å². The topological polar surface area (TPSA) is 64.1 Å². The largest absolute Gasteiger partial charge is 0.473 e. The molecular formula is C25H19N3O2. The Morgan fingerprint density at radius 1 is 0.967 bits per heavy atom. The molecule has 30 heavy (non-hydrogen) atoms. The Morgan fingerprint density at radius 2 is 1.80 bits per heavy atom. The third-order valence-corrected chi connectivity index (χ3v) is 6.19. The summed E-state index contributed by atoms with van der Waals surface area (Å²) < 4.78 is 5.89. The molecule has 1 atom stereocenters. The van der Waals surface area contributed by atoms with Crippen LogP contribution in [0.1, 0.15) is 22.3 Å². The number of rotatable bonds is 3. The lowest BCUT2D eigenvalue weighted by atomic mass is 9.79. The number of aromatic nitrogens is 2. The second-order valence-corrected chi connectivity index (χ2v) is 8.03. The summed E-state index contributed by atoms with van der Waals surface area (Å²) in [4.78, 5) is 22.0. The van der Waals surface area contributed by atoms with E-state index < -0.39 is 5.41 Å². The molecular weight excluding hydrogens is 374 g/mol. The van der Waals surface area contributed by atoms with Crippen LogP contribution < -0.4 is 10.1 Å². The number of nitrogens with one attached hydrogen (secondary N) is 1. The summed E-state index contributed by atoms with van der Waals surface area (Å²) in [7, 11) is 0. The number of carbonyl (C=O) groups is 1. The molecule has 0 saturated heterocycles. The van der Waals surface area contributed by atoms with Crippen molar-refractivity contribution in [3.8, 4) is 5.88 Å². The Morgan fingerprint density at radius 3 is 2.67 bits per heavy atom. The molecule has 1 unspecified atom stereocenters. The number of pyridine rings is 2. The highest BCUT2D eigenvalue weighted by atomic mass is 16.5. The highest BCUT2D eigenvalue weighted by Gasteiger charge is 2.51. The first-order valence-corrected chi connectivity index (χ1v) is 10.1. The standard InChI is InChI=1S/C25H19N3O2/c29-24-25(20-7-4-10-26-23(20)28-24)13-18-11-17-8-9-22(27-21(17)12-19(18)14-25)30-15-16-5-2-1-3-6-16/h1-12H,13-15H2,(H,26,28,29). The molecule has 0 saturated carbocycles. The molecule has 0 bridgehead atoms. The quantitative estimate of drug-likeness (QED) is 0.567. The fraction of sp³-hybridized carbons (Fsp3) is 0.160. The van der Waals surface area contributed by atoms with Crippen LogP contribution in [0.4, 0.5) is 5.82 Å². The number of nitrogens with zero attached hydrogens (tertiary/aromatic N) is 2. The number of carbonyl (C=O) groups excluding carboxylic acids is 1. The first-order chi connectivity index (χ1) is 14.7. The second kappa shape index (κ2) is 6.39. The van der Waals surface area contributed by atoms with Gasteiger partial charge < -0.3 is 10.1 Å². The number of ether oxygens (including phenoxy) is 1. The van der Waals surface area contributed by atoms with Crippen molar-refractivity contribution in [3.05, 3.63) is 95.2 Å². The normalized spacial score (nSPS) is 19.0. The van der Waals surface area contributed by atoms with E-state index in [2.05, 4.69) is 22.4 Å².